The van der Waals surface area contributed by atoms with E-state index in [-0.39, 0.29) is 28.2 Å². The van der Waals surface area contributed by atoms with Crippen LogP contribution >= 0.6 is 11.3 Å². The molecular weight excluding hydrogens is 547 g/mol. The molecule has 0 spiro atoms. The number of halogens is 3. The number of likely N-dealkylation sites (tertiary alicyclic amines) is 1. The summed E-state index contributed by atoms with van der Waals surface area (Å²) in [5.41, 5.74) is 0.131. The smallest absolute Gasteiger partial charge is 0.360 e. The van der Waals surface area contributed by atoms with Crippen molar-refractivity contribution < 1.29 is 22.8 Å². The van der Waals surface area contributed by atoms with Gasteiger partial charge in [-0.1, -0.05) is 6.07 Å². The number of hydrogen-bond acceptors (Lipinski definition) is 8. The van der Waals surface area contributed by atoms with Crippen molar-refractivity contribution in [3.63, 3.8) is 0 Å². The van der Waals surface area contributed by atoms with Crippen molar-refractivity contribution in [2.75, 3.05) is 57.5 Å². The van der Waals surface area contributed by atoms with Gasteiger partial charge in [-0.3, -0.25) is 23.9 Å². The van der Waals surface area contributed by atoms with Crippen LogP contribution in [0.3, 0.4) is 0 Å². The molecule has 0 aliphatic carbocycles. The Hall–Kier alpha value is -3.67. The van der Waals surface area contributed by atoms with Gasteiger partial charge in [-0.15, -0.1) is 11.3 Å². The number of rotatable bonds is 9. The van der Waals surface area contributed by atoms with E-state index in [1.807, 2.05) is 7.05 Å². The number of nitriles is 1. The number of thiazole rings is 1. The van der Waals surface area contributed by atoms with E-state index in [9.17, 15) is 32.8 Å². The van der Waals surface area contributed by atoms with Crippen molar-refractivity contribution in [3.05, 3.63) is 43.8 Å². The van der Waals surface area contributed by atoms with Gasteiger partial charge in [-0.05, 0) is 52.2 Å². The minimum absolute atomic E-state index is 0.0422. The molecule has 0 radical (unpaired) electrons. The first-order valence-corrected chi connectivity index (χ1v) is 13.4. The van der Waals surface area contributed by atoms with Gasteiger partial charge in [0.15, 0.2) is 5.57 Å². The van der Waals surface area contributed by atoms with Gasteiger partial charge in [0.25, 0.3) is 11.5 Å². The zero-order valence-corrected chi connectivity index (χ0v) is 23.5. The largest absolute Gasteiger partial charge is 0.405 e. The van der Waals surface area contributed by atoms with Crippen LogP contribution in [0.1, 0.15) is 13.3 Å². The monoisotopic (exact) mass is 579 g/mol. The molecule has 1 fully saturated rings. The highest BCUT2D eigenvalue weighted by Crippen LogP contribution is 2.20. The topological polar surface area (TPSA) is 114 Å². The highest BCUT2D eigenvalue weighted by molar-refractivity contribution is 7.07. The first-order valence-electron chi connectivity index (χ1n) is 12.6. The SMILES string of the molecule is CCn1c(=C(C#N)C(=O)NCC(F)(F)F)sc(=CNc2cccc(N(C)C(=O)CN(C)C3CCN(C)C3)c2)c1=O. The van der Waals surface area contributed by atoms with E-state index >= 15 is 0 Å². The zero-order chi connectivity index (χ0) is 29.6. The summed E-state index contributed by atoms with van der Waals surface area (Å²) in [4.78, 5) is 43.9. The van der Waals surface area contributed by atoms with E-state index in [1.165, 1.54) is 6.20 Å². The fraction of sp³-hybridized carbons (Fsp3) is 0.462. The van der Waals surface area contributed by atoms with E-state index in [4.69, 9.17) is 0 Å². The Morgan fingerprint density at radius 3 is 2.62 bits per heavy atom. The Balaban J connectivity index is 1.81. The van der Waals surface area contributed by atoms with Crippen LogP contribution in [0.4, 0.5) is 24.5 Å². The third-order valence-corrected chi connectivity index (χ3v) is 7.71. The number of likely N-dealkylation sites (N-methyl/N-ethyl adjacent to an activating group) is 3. The number of anilines is 2. The van der Waals surface area contributed by atoms with Gasteiger partial charge in [-0.2, -0.15) is 18.4 Å². The molecule has 1 aromatic heterocycles. The maximum atomic E-state index is 12.9. The molecule has 2 amide bonds. The quantitative estimate of drug-likeness (QED) is 0.451. The summed E-state index contributed by atoms with van der Waals surface area (Å²) >= 11 is 0.816. The predicted octanol–water partition coefficient (Wildman–Crippen LogP) is 0.731. The van der Waals surface area contributed by atoms with Crippen molar-refractivity contribution in [1.82, 2.24) is 19.7 Å². The van der Waals surface area contributed by atoms with Gasteiger partial charge >= 0.3 is 6.18 Å². The first kappa shape index (κ1) is 30.9. The molecule has 2 heterocycles. The van der Waals surface area contributed by atoms with Crippen LogP contribution in [0.15, 0.2) is 29.1 Å². The van der Waals surface area contributed by atoms with E-state index in [2.05, 4.69) is 22.2 Å². The Kier molecular flexibility index (Phi) is 10.1. The first-order chi connectivity index (χ1) is 18.8. The van der Waals surface area contributed by atoms with Crippen molar-refractivity contribution >= 4 is 46.3 Å². The molecule has 1 aliphatic heterocycles. The molecule has 3 rings (SSSR count). The summed E-state index contributed by atoms with van der Waals surface area (Å²) in [6.07, 6.45) is -2.24. The second-order valence-electron chi connectivity index (χ2n) is 9.52. The van der Waals surface area contributed by atoms with Gasteiger partial charge in [-0.25, -0.2) is 0 Å². The van der Waals surface area contributed by atoms with Gasteiger partial charge in [0.1, 0.15) is 21.8 Å². The summed E-state index contributed by atoms with van der Waals surface area (Å²) in [5.74, 6) is -1.29. The van der Waals surface area contributed by atoms with Crippen LogP contribution in [0.2, 0.25) is 0 Å². The van der Waals surface area contributed by atoms with Crippen LogP contribution in [-0.2, 0) is 16.1 Å². The average Bonchev–Trinajstić information content (AvgIpc) is 3.48. The minimum atomic E-state index is -4.64. The number of benzene rings is 1. The lowest BCUT2D eigenvalue weighted by molar-refractivity contribution is -0.135. The summed E-state index contributed by atoms with van der Waals surface area (Å²) in [6.45, 7) is 2.31. The van der Waals surface area contributed by atoms with Crippen molar-refractivity contribution in [1.29, 1.82) is 5.26 Å². The molecule has 40 heavy (non-hydrogen) atoms. The third kappa shape index (κ3) is 7.71. The summed E-state index contributed by atoms with van der Waals surface area (Å²) < 4.78 is 38.8. The lowest BCUT2D eigenvalue weighted by Gasteiger charge is -2.26. The van der Waals surface area contributed by atoms with Gasteiger partial charge < -0.3 is 20.4 Å². The maximum absolute atomic E-state index is 12.9. The second kappa shape index (κ2) is 13.1. The Morgan fingerprint density at radius 2 is 2.02 bits per heavy atom. The fourth-order valence-electron chi connectivity index (χ4n) is 4.27. The molecule has 2 aromatic rings. The van der Waals surface area contributed by atoms with Crippen LogP contribution < -0.4 is 30.3 Å². The van der Waals surface area contributed by atoms with E-state index in [0.717, 1.165) is 35.4 Å². The predicted molar refractivity (Wildman–Crippen MR) is 148 cm³/mol. The lowest BCUT2D eigenvalue weighted by atomic mass is 10.2. The lowest BCUT2D eigenvalue weighted by Crippen LogP contribution is -2.42. The molecule has 1 aliphatic rings. The fourth-order valence-corrected chi connectivity index (χ4v) is 5.36. The van der Waals surface area contributed by atoms with E-state index < -0.39 is 29.8 Å². The van der Waals surface area contributed by atoms with Crippen LogP contribution in [0.5, 0.6) is 0 Å². The normalized spacial score (nSPS) is 17.1. The molecule has 0 saturated carbocycles. The van der Waals surface area contributed by atoms with Crippen LogP contribution in [0.25, 0.3) is 11.8 Å². The van der Waals surface area contributed by atoms with Gasteiger partial charge in [0.2, 0.25) is 5.91 Å². The molecule has 2 N–H and O–H groups in total. The number of nitrogens with one attached hydrogen (secondary N) is 2. The number of aromatic nitrogens is 1. The van der Waals surface area contributed by atoms with Crippen molar-refractivity contribution in [3.8, 4) is 6.07 Å². The number of amides is 2. The minimum Gasteiger partial charge on any atom is -0.360 e. The third-order valence-electron chi connectivity index (χ3n) is 6.58. The highest BCUT2D eigenvalue weighted by atomic mass is 32.1. The van der Waals surface area contributed by atoms with Crippen molar-refractivity contribution in [2.45, 2.75) is 32.1 Å². The maximum Gasteiger partial charge on any atom is 0.405 e. The molecular formula is C26H32F3N7O3S. The Bertz CT molecular complexity index is 1460. The Morgan fingerprint density at radius 1 is 1.30 bits per heavy atom. The van der Waals surface area contributed by atoms with Crippen LogP contribution in [-0.4, -0.2) is 85.7 Å². The number of hydrogen-bond donors (Lipinski definition) is 2. The highest BCUT2D eigenvalue weighted by Gasteiger charge is 2.29. The molecule has 1 atom stereocenters. The molecule has 216 valence electrons. The average molecular weight is 580 g/mol. The van der Waals surface area contributed by atoms with E-state index in [0.29, 0.717) is 17.4 Å². The molecule has 0 bridgehead atoms. The standard InChI is InChI=1S/C26H32F3N7O3S/c1-5-36-24(39)21(40-25(36)20(12-30)23(38)32-16-26(27,28)29)13-31-17-7-6-8-18(11-17)35(4)22(37)15-34(3)19-9-10-33(2)14-19/h6-8,11,13,19,31H,5,9-10,14-16H2,1-4H3,(H,32,38). The number of nitrogens with zero attached hydrogens (tertiary/aromatic N) is 5. The molecule has 1 unspecified atom stereocenters. The van der Waals surface area contributed by atoms with Crippen molar-refractivity contribution in [2.24, 2.45) is 0 Å². The summed E-state index contributed by atoms with van der Waals surface area (Å²) in [5, 5.41) is 14.1. The molecule has 1 saturated heterocycles. The van der Waals surface area contributed by atoms with E-state index in [1.54, 1.807) is 54.5 Å². The molecule has 10 nitrogen and oxygen atoms in total. The van der Waals surface area contributed by atoms with Gasteiger partial charge in [0, 0.05) is 43.8 Å². The number of carbonyl (C=O) groups excluding carboxylic acids is 2. The van der Waals surface area contributed by atoms with Gasteiger partial charge in [0.05, 0.1) is 6.54 Å². The number of alkyl halides is 3. The summed E-state index contributed by atoms with van der Waals surface area (Å²) in [6, 6.07) is 8.95. The molecule has 1 aromatic carbocycles. The zero-order valence-electron chi connectivity index (χ0n) is 22.7. The number of carbonyl (C=O) groups is 2. The Labute approximate surface area is 233 Å². The molecule has 14 heteroatoms. The van der Waals surface area contributed by atoms with Crippen LogP contribution in [0, 0.1) is 11.3 Å². The second-order valence-corrected chi connectivity index (χ2v) is 10.5. The summed E-state index contributed by atoms with van der Waals surface area (Å²) in [7, 11) is 5.69.